The van der Waals surface area contributed by atoms with Gasteiger partial charge in [0.15, 0.2) is 0 Å². The van der Waals surface area contributed by atoms with Gasteiger partial charge in [0, 0.05) is 30.7 Å². The van der Waals surface area contributed by atoms with Crippen LogP contribution in [-0.2, 0) is 6.54 Å². The maximum Gasteiger partial charge on any atom is 0.0898 e. The van der Waals surface area contributed by atoms with Crippen LogP contribution < -0.4 is 4.90 Å². The molecule has 0 aromatic heterocycles. The lowest BCUT2D eigenvalue weighted by Gasteiger charge is -2.40. The fourth-order valence-electron chi connectivity index (χ4n) is 3.58. The Morgan fingerprint density at radius 3 is 2.43 bits per heavy atom. The van der Waals surface area contributed by atoms with E-state index in [0.29, 0.717) is 0 Å². The maximum absolute atomic E-state index is 6.27. The van der Waals surface area contributed by atoms with Crippen molar-refractivity contribution >= 4 is 11.6 Å². The molecular weight excluding hydrogens is 282 g/mol. The summed E-state index contributed by atoms with van der Waals surface area (Å²) in [6.07, 6.45) is 2.62. The van der Waals surface area contributed by atoms with Gasteiger partial charge < -0.3 is 4.90 Å². The van der Waals surface area contributed by atoms with Crippen molar-refractivity contribution in [1.29, 1.82) is 0 Å². The summed E-state index contributed by atoms with van der Waals surface area (Å²) in [5.41, 5.74) is 1.26. The number of piperidine rings is 1. The Labute approximate surface area is 133 Å². The highest BCUT2D eigenvalue weighted by Gasteiger charge is 2.27. The molecule has 0 amide bonds. The van der Waals surface area contributed by atoms with Gasteiger partial charge in [-0.1, -0.05) is 29.8 Å². The molecule has 2 aliphatic rings. The van der Waals surface area contributed by atoms with Crippen molar-refractivity contribution in [2.45, 2.75) is 25.4 Å². The van der Waals surface area contributed by atoms with Gasteiger partial charge >= 0.3 is 0 Å². The molecule has 0 radical (unpaired) electrons. The molecule has 21 heavy (non-hydrogen) atoms. The predicted molar refractivity (Wildman–Crippen MR) is 87.9 cm³/mol. The molecule has 0 atom stereocenters. The van der Waals surface area contributed by atoms with Crippen molar-refractivity contribution in [3.8, 4) is 0 Å². The first-order chi connectivity index (χ1) is 10.2. The monoisotopic (exact) mass is 308 g/mol. The normalized spacial score (nSPS) is 23.5. The predicted octanol–water partition coefficient (Wildman–Crippen LogP) is 1.13. The molecule has 0 saturated carbocycles. The van der Waals surface area contributed by atoms with E-state index >= 15 is 0 Å². The number of quaternary nitrogens is 1. The summed E-state index contributed by atoms with van der Waals surface area (Å²) in [6, 6.07) is 9.04. The Morgan fingerprint density at radius 1 is 1.10 bits per heavy atom. The fourth-order valence-corrected chi connectivity index (χ4v) is 3.78. The van der Waals surface area contributed by atoms with E-state index in [4.69, 9.17) is 11.6 Å². The molecule has 0 spiro atoms. The van der Waals surface area contributed by atoms with Crippen LogP contribution in [0, 0.1) is 0 Å². The largest absolute Gasteiger partial charge is 0.335 e. The van der Waals surface area contributed by atoms with Gasteiger partial charge in [-0.05, 0) is 37.6 Å². The van der Waals surface area contributed by atoms with Gasteiger partial charge in [-0.15, -0.1) is 0 Å². The Morgan fingerprint density at radius 2 is 1.76 bits per heavy atom. The number of nitrogens with one attached hydrogen (secondary N) is 1. The third kappa shape index (κ3) is 3.98. The number of likely N-dealkylation sites (N-methyl/N-ethyl adjacent to an activating group) is 1. The molecule has 2 aliphatic heterocycles. The van der Waals surface area contributed by atoms with Crippen LogP contribution in [0.1, 0.15) is 18.4 Å². The Bertz CT molecular complexity index is 449. The highest BCUT2D eigenvalue weighted by atomic mass is 35.5. The number of nitrogens with zero attached hydrogens (tertiary/aromatic N) is 2. The summed E-state index contributed by atoms with van der Waals surface area (Å²) in [5.74, 6) is 0. The van der Waals surface area contributed by atoms with E-state index in [1.807, 2.05) is 12.1 Å². The molecule has 1 aromatic carbocycles. The summed E-state index contributed by atoms with van der Waals surface area (Å²) in [5, 5.41) is 0.904. The van der Waals surface area contributed by atoms with Crippen LogP contribution >= 0.6 is 11.6 Å². The number of halogens is 1. The smallest absolute Gasteiger partial charge is 0.0898 e. The zero-order valence-corrected chi connectivity index (χ0v) is 13.8. The minimum absolute atomic E-state index is 0.806. The Kier molecular flexibility index (Phi) is 5.17. The van der Waals surface area contributed by atoms with Gasteiger partial charge in [0.2, 0.25) is 0 Å². The van der Waals surface area contributed by atoms with Crippen LogP contribution in [0.4, 0.5) is 0 Å². The summed E-state index contributed by atoms with van der Waals surface area (Å²) in [7, 11) is 2.31. The Balaban J connectivity index is 1.48. The maximum atomic E-state index is 6.27. The summed E-state index contributed by atoms with van der Waals surface area (Å²) < 4.78 is 0. The first-order valence-corrected chi connectivity index (χ1v) is 8.61. The van der Waals surface area contributed by atoms with Crippen molar-refractivity contribution < 1.29 is 4.90 Å². The minimum atomic E-state index is 0.806. The van der Waals surface area contributed by atoms with Gasteiger partial charge in [-0.3, -0.25) is 9.80 Å². The molecule has 3 rings (SSSR count). The van der Waals surface area contributed by atoms with Gasteiger partial charge in [-0.25, -0.2) is 0 Å². The van der Waals surface area contributed by atoms with E-state index in [1.54, 1.807) is 4.90 Å². The van der Waals surface area contributed by atoms with E-state index in [9.17, 15) is 0 Å². The highest BCUT2D eigenvalue weighted by Crippen LogP contribution is 2.21. The molecule has 0 unspecified atom stereocenters. The van der Waals surface area contributed by atoms with Gasteiger partial charge in [0.25, 0.3) is 0 Å². The number of benzene rings is 1. The number of likely N-dealkylation sites (tertiary alicyclic amines) is 1. The average Bonchev–Trinajstić information content (AvgIpc) is 2.51. The van der Waals surface area contributed by atoms with Crippen molar-refractivity contribution in [3.63, 3.8) is 0 Å². The standard InChI is InChI=1S/C17H26ClN3/c1-19-10-12-21(13-11-19)16-6-8-20(9-7-16)14-15-4-2-3-5-17(15)18/h2-5,16H,6-14H2,1H3/p+1. The van der Waals surface area contributed by atoms with Crippen molar-refractivity contribution in [1.82, 2.24) is 9.80 Å². The van der Waals surface area contributed by atoms with Crippen LogP contribution in [0.15, 0.2) is 24.3 Å². The average molecular weight is 309 g/mol. The lowest BCUT2D eigenvalue weighted by atomic mass is 10.0. The third-order valence-corrected chi connectivity index (χ3v) is 5.45. The van der Waals surface area contributed by atoms with Gasteiger partial charge in [0.05, 0.1) is 20.1 Å². The van der Waals surface area contributed by atoms with Crippen molar-refractivity contribution in [3.05, 3.63) is 34.9 Å². The number of hydrogen-bond acceptors (Lipinski definition) is 2. The molecule has 116 valence electrons. The minimum Gasteiger partial charge on any atom is -0.335 e. The number of rotatable bonds is 3. The van der Waals surface area contributed by atoms with Gasteiger partial charge in [-0.2, -0.15) is 0 Å². The summed E-state index contributed by atoms with van der Waals surface area (Å²) in [6.45, 7) is 8.57. The SMILES string of the molecule is C[NH+]1CCN(C2CCN(Cc3ccccc3Cl)CC2)CC1. The van der Waals surface area contributed by atoms with Crippen molar-refractivity contribution in [2.75, 3.05) is 46.3 Å². The molecular formula is C17H27ClN3+. The number of hydrogen-bond donors (Lipinski definition) is 1. The van der Waals surface area contributed by atoms with E-state index < -0.39 is 0 Å². The second-order valence-corrected chi connectivity index (χ2v) is 7.00. The number of piperazine rings is 1. The van der Waals surface area contributed by atoms with Crippen LogP contribution in [-0.4, -0.2) is 62.2 Å². The molecule has 1 aromatic rings. The van der Waals surface area contributed by atoms with E-state index in [2.05, 4.69) is 29.0 Å². The quantitative estimate of drug-likeness (QED) is 0.898. The first-order valence-electron chi connectivity index (χ1n) is 8.23. The molecule has 2 fully saturated rings. The lowest BCUT2D eigenvalue weighted by molar-refractivity contribution is -0.884. The molecule has 2 saturated heterocycles. The topological polar surface area (TPSA) is 10.9 Å². The van der Waals surface area contributed by atoms with E-state index in [1.165, 1.54) is 57.7 Å². The summed E-state index contributed by atoms with van der Waals surface area (Å²) in [4.78, 5) is 6.96. The van der Waals surface area contributed by atoms with E-state index in [0.717, 1.165) is 17.6 Å². The second kappa shape index (κ2) is 7.10. The molecule has 2 heterocycles. The zero-order valence-electron chi connectivity index (χ0n) is 13.0. The molecule has 0 aliphatic carbocycles. The second-order valence-electron chi connectivity index (χ2n) is 6.59. The van der Waals surface area contributed by atoms with Crippen LogP contribution in [0.2, 0.25) is 5.02 Å². The van der Waals surface area contributed by atoms with E-state index in [-0.39, 0.29) is 0 Å². The van der Waals surface area contributed by atoms with Crippen LogP contribution in [0.5, 0.6) is 0 Å². The molecule has 3 nitrogen and oxygen atoms in total. The molecule has 1 N–H and O–H groups in total. The molecule has 4 heteroatoms. The van der Waals surface area contributed by atoms with Crippen LogP contribution in [0.25, 0.3) is 0 Å². The fraction of sp³-hybridized carbons (Fsp3) is 0.647. The zero-order chi connectivity index (χ0) is 14.7. The van der Waals surface area contributed by atoms with Crippen LogP contribution in [0.3, 0.4) is 0 Å². The lowest BCUT2D eigenvalue weighted by Crippen LogP contribution is -3.12. The third-order valence-electron chi connectivity index (χ3n) is 5.08. The van der Waals surface area contributed by atoms with Crippen molar-refractivity contribution in [2.24, 2.45) is 0 Å². The highest BCUT2D eigenvalue weighted by molar-refractivity contribution is 6.31. The first kappa shape index (κ1) is 15.3. The molecule has 0 bridgehead atoms. The Hall–Kier alpha value is -0.610. The van der Waals surface area contributed by atoms with Gasteiger partial charge in [0.1, 0.15) is 0 Å². The summed E-state index contributed by atoms with van der Waals surface area (Å²) >= 11 is 6.27.